The molecule has 4 atom stereocenters. The smallest absolute Gasteiger partial charge is 0.238 e. The van der Waals surface area contributed by atoms with Crippen LogP contribution in [0.5, 0.6) is 5.75 Å². The van der Waals surface area contributed by atoms with Gasteiger partial charge in [-0.25, -0.2) is 0 Å². The van der Waals surface area contributed by atoms with Crippen LogP contribution in [0, 0.1) is 31.6 Å². The molecule has 1 heterocycles. The molecule has 4 unspecified atom stereocenters. The molecule has 1 saturated heterocycles. The third-order valence-electron chi connectivity index (χ3n) is 8.26. The summed E-state index contributed by atoms with van der Waals surface area (Å²) in [4.78, 5) is 55.4. The van der Waals surface area contributed by atoms with Gasteiger partial charge in [0.2, 0.25) is 11.8 Å². The maximum atomic E-state index is 13.9. The number of rotatable bonds is 2. The molecule has 2 aromatic carbocycles. The van der Waals surface area contributed by atoms with Crippen LogP contribution in [-0.2, 0) is 19.2 Å². The molecule has 0 bridgehead atoms. The van der Waals surface area contributed by atoms with E-state index in [1.807, 2.05) is 18.2 Å². The van der Waals surface area contributed by atoms with E-state index in [0.717, 1.165) is 15.6 Å². The predicted octanol–water partition coefficient (Wildman–Crippen LogP) is 5.74. The largest absolute Gasteiger partial charge is 0.507 e. The summed E-state index contributed by atoms with van der Waals surface area (Å²) in [5, 5.41) is 10.4. The third-order valence-corrected chi connectivity index (χ3v) is 9.38. The Morgan fingerprint density at radius 2 is 1.58 bits per heavy atom. The SMILES string of the molecule is Cc1cc(C2C3=CCC4C(=O)N(c5ccc(Br)cc5)C(=O)C4C3CC3=C2C(=O)C=C(Br)C3=O)cc(C)c1O. The Bertz CT molecular complexity index is 1540. The van der Waals surface area contributed by atoms with Gasteiger partial charge in [0.05, 0.1) is 22.0 Å². The van der Waals surface area contributed by atoms with Crippen LogP contribution in [0.25, 0.3) is 0 Å². The molecule has 6 nitrogen and oxygen atoms in total. The monoisotopic (exact) mass is 635 g/mol. The number of nitrogens with zero attached hydrogens (tertiary/aromatic N) is 1. The number of amides is 2. The summed E-state index contributed by atoms with van der Waals surface area (Å²) in [7, 11) is 0. The van der Waals surface area contributed by atoms with Crippen LogP contribution in [0.3, 0.4) is 0 Å². The van der Waals surface area contributed by atoms with Gasteiger partial charge in [0, 0.05) is 27.6 Å². The molecule has 2 aromatic rings. The quantitative estimate of drug-likeness (QED) is 0.258. The fourth-order valence-electron chi connectivity index (χ4n) is 6.59. The Morgan fingerprint density at radius 1 is 0.921 bits per heavy atom. The number of benzene rings is 2. The highest BCUT2D eigenvalue weighted by molar-refractivity contribution is 9.12. The number of hydrogen-bond donors (Lipinski definition) is 1. The number of phenols is 1. The summed E-state index contributed by atoms with van der Waals surface area (Å²) >= 11 is 6.65. The minimum Gasteiger partial charge on any atom is -0.507 e. The number of ketones is 2. The topological polar surface area (TPSA) is 91.8 Å². The van der Waals surface area contributed by atoms with Crippen molar-refractivity contribution < 1.29 is 24.3 Å². The van der Waals surface area contributed by atoms with Crippen molar-refractivity contribution in [2.24, 2.45) is 17.8 Å². The van der Waals surface area contributed by atoms with E-state index in [-0.39, 0.29) is 40.0 Å². The maximum absolute atomic E-state index is 13.9. The molecular formula is C30H23Br2NO5. The first-order valence-corrected chi connectivity index (χ1v) is 14.0. The molecule has 0 radical (unpaired) electrons. The van der Waals surface area contributed by atoms with Crippen molar-refractivity contribution in [2.75, 3.05) is 4.90 Å². The van der Waals surface area contributed by atoms with Gasteiger partial charge in [0.25, 0.3) is 0 Å². The summed E-state index contributed by atoms with van der Waals surface area (Å²) in [6.45, 7) is 3.60. The lowest BCUT2D eigenvalue weighted by Gasteiger charge is -2.42. The van der Waals surface area contributed by atoms with E-state index in [1.54, 1.807) is 38.1 Å². The van der Waals surface area contributed by atoms with Crippen LogP contribution in [0.2, 0.25) is 0 Å². The average molecular weight is 637 g/mol. The number of Topliss-reactive ketones (excluding diaryl/α,β-unsaturated/α-hetero) is 1. The minimum absolute atomic E-state index is 0.184. The molecule has 0 spiro atoms. The van der Waals surface area contributed by atoms with E-state index in [0.29, 0.717) is 34.4 Å². The molecule has 6 rings (SSSR count). The number of imide groups is 1. The zero-order valence-corrected chi connectivity index (χ0v) is 23.8. The van der Waals surface area contributed by atoms with E-state index in [4.69, 9.17) is 0 Å². The van der Waals surface area contributed by atoms with Gasteiger partial charge in [-0.05, 0) is 89.5 Å². The number of hydrogen-bond acceptors (Lipinski definition) is 5. The van der Waals surface area contributed by atoms with E-state index in [9.17, 15) is 24.3 Å². The lowest BCUT2D eigenvalue weighted by molar-refractivity contribution is -0.123. The van der Waals surface area contributed by atoms with Crippen molar-refractivity contribution in [3.05, 3.63) is 90.9 Å². The van der Waals surface area contributed by atoms with Crippen LogP contribution < -0.4 is 4.90 Å². The number of fused-ring (bicyclic) bond motifs is 3. The summed E-state index contributed by atoms with van der Waals surface area (Å²) < 4.78 is 1.04. The number of aryl methyl sites for hydroxylation is 2. The summed E-state index contributed by atoms with van der Waals surface area (Å²) in [6, 6.07) is 10.7. The van der Waals surface area contributed by atoms with Crippen molar-refractivity contribution in [1.82, 2.24) is 0 Å². The fourth-order valence-corrected chi connectivity index (χ4v) is 7.30. The number of aromatic hydroxyl groups is 1. The Kier molecular flexibility index (Phi) is 5.96. The number of halogens is 2. The molecule has 1 aliphatic heterocycles. The number of phenolic OH excluding ortho intramolecular Hbond substituents is 1. The summed E-state index contributed by atoms with van der Waals surface area (Å²) in [5.41, 5.74) is 4.34. The first-order chi connectivity index (χ1) is 18.1. The minimum atomic E-state index is -0.630. The van der Waals surface area contributed by atoms with Gasteiger partial charge < -0.3 is 5.11 Å². The second-order valence-electron chi connectivity index (χ2n) is 10.4. The number of carbonyl (C=O) groups excluding carboxylic acids is 4. The number of carbonyl (C=O) groups is 4. The molecule has 192 valence electrons. The zero-order chi connectivity index (χ0) is 27.0. The molecule has 3 aliphatic carbocycles. The Labute approximate surface area is 236 Å². The van der Waals surface area contributed by atoms with E-state index < -0.39 is 23.7 Å². The van der Waals surface area contributed by atoms with Crippen LogP contribution in [-0.4, -0.2) is 28.5 Å². The van der Waals surface area contributed by atoms with E-state index >= 15 is 0 Å². The van der Waals surface area contributed by atoms with Crippen molar-refractivity contribution in [3.8, 4) is 5.75 Å². The maximum Gasteiger partial charge on any atom is 0.238 e. The standard InChI is InChI=1S/C30H23Br2NO5/c1-13-9-15(10-14(2)27(13)35)24-18-7-8-19-25(20(18)11-21-26(24)23(34)12-22(32)28(21)36)30(38)33(29(19)37)17-5-3-16(31)4-6-17/h3-7,9-10,12,19-20,24-25,35H,8,11H2,1-2H3. The molecule has 8 heteroatoms. The molecule has 1 N–H and O–H groups in total. The van der Waals surface area contributed by atoms with Gasteiger partial charge in [-0.2, -0.15) is 0 Å². The highest BCUT2D eigenvalue weighted by Crippen LogP contribution is 2.56. The van der Waals surface area contributed by atoms with Gasteiger partial charge in [-0.1, -0.05) is 39.7 Å². The van der Waals surface area contributed by atoms with Crippen LogP contribution in [0.1, 0.15) is 35.4 Å². The zero-order valence-electron chi connectivity index (χ0n) is 20.6. The molecule has 1 fully saturated rings. The summed E-state index contributed by atoms with van der Waals surface area (Å²) in [5.74, 6) is -2.94. The molecular weight excluding hydrogens is 614 g/mol. The molecule has 38 heavy (non-hydrogen) atoms. The van der Waals surface area contributed by atoms with Crippen molar-refractivity contribution >= 4 is 60.9 Å². The Morgan fingerprint density at radius 3 is 2.24 bits per heavy atom. The normalized spacial score (nSPS) is 26.7. The lowest BCUT2D eigenvalue weighted by Crippen LogP contribution is -2.39. The van der Waals surface area contributed by atoms with Crippen LogP contribution in [0.4, 0.5) is 5.69 Å². The molecule has 0 saturated carbocycles. The molecule has 4 aliphatic rings. The van der Waals surface area contributed by atoms with E-state index in [1.165, 1.54) is 11.0 Å². The molecule has 2 amide bonds. The van der Waals surface area contributed by atoms with Crippen LogP contribution in [0.15, 0.2) is 74.2 Å². The second-order valence-corrected chi connectivity index (χ2v) is 12.2. The van der Waals surface area contributed by atoms with Gasteiger partial charge in [0.1, 0.15) is 5.75 Å². The average Bonchev–Trinajstić information content (AvgIpc) is 3.14. The Balaban J connectivity index is 1.50. The highest BCUT2D eigenvalue weighted by atomic mass is 79.9. The van der Waals surface area contributed by atoms with Crippen molar-refractivity contribution in [2.45, 2.75) is 32.6 Å². The lowest BCUT2D eigenvalue weighted by atomic mass is 9.59. The predicted molar refractivity (Wildman–Crippen MR) is 149 cm³/mol. The highest BCUT2D eigenvalue weighted by Gasteiger charge is 2.56. The number of allylic oxidation sites excluding steroid dienone is 6. The van der Waals surface area contributed by atoms with Gasteiger partial charge >= 0.3 is 0 Å². The first-order valence-electron chi connectivity index (χ1n) is 12.4. The second kappa shape index (κ2) is 8.99. The fraction of sp³-hybridized carbons (Fsp3) is 0.267. The van der Waals surface area contributed by atoms with Crippen LogP contribution >= 0.6 is 31.9 Å². The van der Waals surface area contributed by atoms with Gasteiger partial charge in [-0.15, -0.1) is 0 Å². The van der Waals surface area contributed by atoms with Gasteiger partial charge in [0.15, 0.2) is 11.6 Å². The molecule has 0 aromatic heterocycles. The van der Waals surface area contributed by atoms with Crippen molar-refractivity contribution in [1.29, 1.82) is 0 Å². The van der Waals surface area contributed by atoms with E-state index in [2.05, 4.69) is 31.9 Å². The van der Waals surface area contributed by atoms with Crippen molar-refractivity contribution in [3.63, 3.8) is 0 Å². The third kappa shape index (κ3) is 3.64. The van der Waals surface area contributed by atoms with Gasteiger partial charge in [-0.3, -0.25) is 24.1 Å². The summed E-state index contributed by atoms with van der Waals surface area (Å²) in [6.07, 6.45) is 3.92. The Hall–Kier alpha value is -3.10. The number of anilines is 1. The first kappa shape index (κ1) is 25.2.